The van der Waals surface area contributed by atoms with Crippen LogP contribution in [0, 0.1) is 0 Å². The van der Waals surface area contributed by atoms with Crippen molar-refractivity contribution in [3.8, 4) is 0 Å². The minimum Gasteiger partial charge on any atom is -0.348 e. The summed E-state index contributed by atoms with van der Waals surface area (Å²) in [5, 5.41) is 6.71. The minimum atomic E-state index is -3.21. The number of amides is 1. The smallest absolute Gasteiger partial charge is 0.227 e. The summed E-state index contributed by atoms with van der Waals surface area (Å²) in [5.74, 6) is -0.591. The van der Waals surface area contributed by atoms with Crippen LogP contribution in [-0.4, -0.2) is 26.3 Å². The summed E-state index contributed by atoms with van der Waals surface area (Å²) >= 11 is 1.53. The zero-order valence-electron chi connectivity index (χ0n) is 12.5. The van der Waals surface area contributed by atoms with Crippen LogP contribution >= 0.6 is 11.3 Å². The lowest BCUT2D eigenvalue weighted by molar-refractivity contribution is -0.122. The van der Waals surface area contributed by atoms with Gasteiger partial charge in [0.2, 0.25) is 5.91 Å². The molecule has 2 aromatic rings. The predicted molar refractivity (Wildman–Crippen MR) is 89.8 cm³/mol. The van der Waals surface area contributed by atoms with Crippen LogP contribution in [0.2, 0.25) is 0 Å². The summed E-state index contributed by atoms with van der Waals surface area (Å²) in [6, 6.07) is 10.5. The van der Waals surface area contributed by atoms with Crippen LogP contribution in [0.15, 0.2) is 47.2 Å². The number of benzene rings is 1. The number of carbonyl (C=O) groups excluding carboxylic acids is 1. The van der Waals surface area contributed by atoms with Gasteiger partial charge in [-0.1, -0.05) is 30.3 Å². The van der Waals surface area contributed by atoms with Crippen molar-refractivity contribution in [1.29, 1.82) is 0 Å². The Morgan fingerprint density at radius 3 is 2.41 bits per heavy atom. The monoisotopic (exact) mass is 337 g/mol. The van der Waals surface area contributed by atoms with E-state index in [-0.39, 0.29) is 17.6 Å². The van der Waals surface area contributed by atoms with E-state index in [0.717, 1.165) is 11.1 Å². The van der Waals surface area contributed by atoms with Crippen molar-refractivity contribution < 1.29 is 13.2 Å². The SMILES string of the molecule is C[C@H](C(=O)N[C@H](CS(C)(=O)=O)c1ccccc1)c1ccsc1. The second kappa shape index (κ2) is 7.07. The molecular weight excluding hydrogens is 318 g/mol. The first-order valence-corrected chi connectivity index (χ1v) is 9.92. The molecule has 2 rings (SSSR count). The van der Waals surface area contributed by atoms with Gasteiger partial charge in [0.15, 0.2) is 0 Å². The van der Waals surface area contributed by atoms with E-state index >= 15 is 0 Å². The molecular formula is C16H19NO3S2. The molecule has 0 bridgehead atoms. The Bertz CT molecular complexity index is 709. The number of thiophene rings is 1. The van der Waals surface area contributed by atoms with Gasteiger partial charge < -0.3 is 5.32 Å². The van der Waals surface area contributed by atoms with E-state index < -0.39 is 15.9 Å². The predicted octanol–water partition coefficient (Wildman–Crippen LogP) is 2.75. The van der Waals surface area contributed by atoms with Gasteiger partial charge in [0.1, 0.15) is 9.84 Å². The highest BCUT2D eigenvalue weighted by Crippen LogP contribution is 2.21. The molecule has 0 aliphatic heterocycles. The average Bonchev–Trinajstić information content (AvgIpc) is 2.99. The second-order valence-corrected chi connectivity index (χ2v) is 8.31. The molecule has 0 unspecified atom stereocenters. The van der Waals surface area contributed by atoms with Crippen LogP contribution < -0.4 is 5.32 Å². The van der Waals surface area contributed by atoms with E-state index in [4.69, 9.17) is 0 Å². The van der Waals surface area contributed by atoms with Gasteiger partial charge in [0, 0.05) is 6.26 Å². The Hall–Kier alpha value is -1.66. The molecule has 0 saturated heterocycles. The molecule has 0 saturated carbocycles. The summed E-state index contributed by atoms with van der Waals surface area (Å²) in [7, 11) is -3.21. The summed E-state index contributed by atoms with van der Waals surface area (Å²) < 4.78 is 23.3. The van der Waals surface area contributed by atoms with E-state index in [0.29, 0.717) is 0 Å². The van der Waals surface area contributed by atoms with E-state index in [1.807, 2.05) is 54.1 Å². The number of rotatable bonds is 6. The van der Waals surface area contributed by atoms with Gasteiger partial charge in [-0.05, 0) is 34.9 Å². The normalized spacial score (nSPS) is 14.3. The van der Waals surface area contributed by atoms with Gasteiger partial charge in [-0.25, -0.2) is 8.42 Å². The molecule has 1 amide bonds. The standard InChI is InChI=1S/C16H19NO3S2/c1-12(14-8-9-21-10-14)16(18)17-15(11-22(2,19)20)13-6-4-3-5-7-13/h3-10,12,15H,11H2,1-2H3,(H,17,18)/t12-,15+/m0/s1. The molecule has 6 heteroatoms. The Balaban J connectivity index is 2.18. The third-order valence-electron chi connectivity index (χ3n) is 3.42. The van der Waals surface area contributed by atoms with Crippen molar-refractivity contribution in [3.63, 3.8) is 0 Å². The maximum atomic E-state index is 12.4. The molecule has 4 nitrogen and oxygen atoms in total. The molecule has 0 aliphatic rings. The third kappa shape index (κ3) is 4.68. The molecule has 1 aromatic heterocycles. The molecule has 118 valence electrons. The maximum absolute atomic E-state index is 12.4. The molecule has 0 fully saturated rings. The molecule has 0 radical (unpaired) electrons. The Morgan fingerprint density at radius 2 is 1.86 bits per heavy atom. The summed E-state index contributed by atoms with van der Waals surface area (Å²) in [6.07, 6.45) is 1.18. The van der Waals surface area contributed by atoms with Crippen LogP contribution in [0.4, 0.5) is 0 Å². The van der Waals surface area contributed by atoms with E-state index in [1.54, 1.807) is 0 Å². The van der Waals surface area contributed by atoms with E-state index in [1.165, 1.54) is 17.6 Å². The van der Waals surface area contributed by atoms with Gasteiger partial charge in [-0.2, -0.15) is 11.3 Å². The fourth-order valence-corrected chi connectivity index (χ4v) is 3.81. The number of carbonyl (C=O) groups is 1. The fourth-order valence-electron chi connectivity index (χ4n) is 2.18. The molecule has 1 heterocycles. The highest BCUT2D eigenvalue weighted by Gasteiger charge is 2.23. The summed E-state index contributed by atoms with van der Waals surface area (Å²) in [4.78, 5) is 12.4. The summed E-state index contributed by atoms with van der Waals surface area (Å²) in [5.41, 5.74) is 1.73. The molecule has 2 atom stereocenters. The highest BCUT2D eigenvalue weighted by molar-refractivity contribution is 7.90. The van der Waals surface area contributed by atoms with Crippen LogP contribution in [0.3, 0.4) is 0 Å². The van der Waals surface area contributed by atoms with Gasteiger partial charge in [-0.3, -0.25) is 4.79 Å². The van der Waals surface area contributed by atoms with Crippen molar-refractivity contribution in [1.82, 2.24) is 5.32 Å². The van der Waals surface area contributed by atoms with Crippen LogP contribution in [0.5, 0.6) is 0 Å². The fraction of sp³-hybridized carbons (Fsp3) is 0.312. The zero-order chi connectivity index (χ0) is 16.2. The Kier molecular flexibility index (Phi) is 5.37. The minimum absolute atomic E-state index is 0.112. The average molecular weight is 337 g/mol. The van der Waals surface area contributed by atoms with Crippen LogP contribution in [0.25, 0.3) is 0 Å². The topological polar surface area (TPSA) is 63.2 Å². The van der Waals surface area contributed by atoms with E-state index in [9.17, 15) is 13.2 Å². The van der Waals surface area contributed by atoms with Crippen molar-refractivity contribution in [2.75, 3.05) is 12.0 Å². The summed E-state index contributed by atoms with van der Waals surface area (Å²) in [6.45, 7) is 1.82. The van der Waals surface area contributed by atoms with Crippen LogP contribution in [-0.2, 0) is 14.6 Å². The third-order valence-corrected chi connectivity index (χ3v) is 5.06. The van der Waals surface area contributed by atoms with Gasteiger partial charge in [0.25, 0.3) is 0 Å². The first-order valence-electron chi connectivity index (χ1n) is 6.92. The maximum Gasteiger partial charge on any atom is 0.227 e. The zero-order valence-corrected chi connectivity index (χ0v) is 14.2. The van der Waals surface area contributed by atoms with Crippen molar-refractivity contribution in [3.05, 3.63) is 58.3 Å². The van der Waals surface area contributed by atoms with Crippen molar-refractivity contribution in [2.24, 2.45) is 0 Å². The molecule has 0 spiro atoms. The molecule has 1 aromatic carbocycles. The molecule has 1 N–H and O–H groups in total. The van der Waals surface area contributed by atoms with Crippen molar-refractivity contribution >= 4 is 27.1 Å². The van der Waals surface area contributed by atoms with Gasteiger partial charge >= 0.3 is 0 Å². The van der Waals surface area contributed by atoms with Gasteiger partial charge in [-0.15, -0.1) is 0 Å². The Morgan fingerprint density at radius 1 is 1.18 bits per heavy atom. The molecule has 0 aliphatic carbocycles. The van der Waals surface area contributed by atoms with Crippen LogP contribution in [0.1, 0.15) is 30.0 Å². The number of hydrogen-bond donors (Lipinski definition) is 1. The quantitative estimate of drug-likeness (QED) is 0.881. The lowest BCUT2D eigenvalue weighted by atomic mass is 10.0. The first-order chi connectivity index (χ1) is 10.4. The number of nitrogens with one attached hydrogen (secondary N) is 1. The Labute approximate surface area is 135 Å². The highest BCUT2D eigenvalue weighted by atomic mass is 32.2. The second-order valence-electron chi connectivity index (χ2n) is 5.34. The number of sulfone groups is 1. The van der Waals surface area contributed by atoms with Crippen molar-refractivity contribution in [2.45, 2.75) is 18.9 Å². The largest absolute Gasteiger partial charge is 0.348 e. The van der Waals surface area contributed by atoms with Gasteiger partial charge in [0.05, 0.1) is 17.7 Å². The molecule has 22 heavy (non-hydrogen) atoms. The van der Waals surface area contributed by atoms with E-state index in [2.05, 4.69) is 5.32 Å². The number of hydrogen-bond acceptors (Lipinski definition) is 4. The first kappa shape index (κ1) is 16.7. The lowest BCUT2D eigenvalue weighted by Gasteiger charge is -2.20. The lowest BCUT2D eigenvalue weighted by Crippen LogP contribution is -2.35.